The van der Waals surface area contributed by atoms with Crippen LogP contribution in [0.4, 0.5) is 0 Å². The third-order valence-corrected chi connectivity index (χ3v) is 2.00. The summed E-state index contributed by atoms with van der Waals surface area (Å²) in [6.45, 7) is 0.980. The first-order valence-electron chi connectivity index (χ1n) is 5.07. The quantitative estimate of drug-likeness (QED) is 0.316. The normalized spacial score (nSPS) is 13.2. The molecule has 0 aromatic carbocycles. The van der Waals surface area contributed by atoms with E-state index in [9.17, 15) is 19.2 Å². The standard InChI is InChI=1S/C9H15N3O6/c1-2-4(7(15)11-3-5(13)14)12-8(16)6(10)9(17)18/h4,6H,2-3,10H2,1H3,(H,11,15)(H,12,16)(H,13,14)(H,17,18)/t4-,6-/m0/s1. The van der Waals surface area contributed by atoms with Gasteiger partial charge in [-0.05, 0) is 6.42 Å². The second kappa shape index (κ2) is 7.22. The van der Waals surface area contributed by atoms with Crippen LogP contribution in [0.1, 0.15) is 13.3 Å². The second-order valence-electron chi connectivity index (χ2n) is 3.40. The lowest BCUT2D eigenvalue weighted by Gasteiger charge is -2.17. The average Bonchev–Trinajstić information content (AvgIpc) is 2.31. The van der Waals surface area contributed by atoms with Gasteiger partial charge >= 0.3 is 11.9 Å². The molecule has 0 fully saturated rings. The lowest BCUT2D eigenvalue weighted by molar-refractivity contribution is -0.143. The van der Waals surface area contributed by atoms with Gasteiger partial charge in [0.15, 0.2) is 6.04 Å². The highest BCUT2D eigenvalue weighted by molar-refractivity contribution is 6.02. The largest absolute Gasteiger partial charge is 0.480 e. The number of hydrogen-bond donors (Lipinski definition) is 5. The minimum Gasteiger partial charge on any atom is -0.480 e. The van der Waals surface area contributed by atoms with Gasteiger partial charge in [0.1, 0.15) is 12.6 Å². The SMILES string of the molecule is CC[C@H](NC(=O)[C@H](N)C(=O)O)C(=O)NCC(=O)O. The summed E-state index contributed by atoms with van der Waals surface area (Å²) in [5.41, 5.74) is 5.05. The van der Waals surface area contributed by atoms with Gasteiger partial charge < -0.3 is 26.6 Å². The van der Waals surface area contributed by atoms with E-state index in [1.165, 1.54) is 0 Å². The van der Waals surface area contributed by atoms with Crippen LogP contribution in [-0.2, 0) is 19.2 Å². The number of nitrogens with one attached hydrogen (secondary N) is 2. The van der Waals surface area contributed by atoms with Crippen molar-refractivity contribution in [1.82, 2.24) is 10.6 Å². The number of aliphatic carboxylic acids is 2. The molecule has 18 heavy (non-hydrogen) atoms. The van der Waals surface area contributed by atoms with Crippen LogP contribution in [0.2, 0.25) is 0 Å². The molecule has 0 saturated carbocycles. The van der Waals surface area contributed by atoms with Gasteiger partial charge in [-0.1, -0.05) is 6.92 Å². The predicted molar refractivity (Wildman–Crippen MR) is 58.5 cm³/mol. The van der Waals surface area contributed by atoms with Crippen LogP contribution in [0.15, 0.2) is 0 Å². The summed E-state index contributed by atoms with van der Waals surface area (Å²) < 4.78 is 0. The second-order valence-corrected chi connectivity index (χ2v) is 3.40. The van der Waals surface area contributed by atoms with Crippen molar-refractivity contribution in [2.75, 3.05) is 6.54 Å². The molecule has 9 heteroatoms. The third-order valence-electron chi connectivity index (χ3n) is 2.00. The molecule has 9 nitrogen and oxygen atoms in total. The molecule has 0 saturated heterocycles. The van der Waals surface area contributed by atoms with Crippen LogP contribution in [0.5, 0.6) is 0 Å². The molecule has 0 aliphatic heterocycles. The van der Waals surface area contributed by atoms with Crippen LogP contribution in [0.3, 0.4) is 0 Å². The van der Waals surface area contributed by atoms with Crippen LogP contribution in [0, 0.1) is 0 Å². The number of hydrogen-bond acceptors (Lipinski definition) is 5. The van der Waals surface area contributed by atoms with Crippen molar-refractivity contribution in [2.45, 2.75) is 25.4 Å². The molecule has 0 aliphatic rings. The van der Waals surface area contributed by atoms with Gasteiger partial charge in [-0.15, -0.1) is 0 Å². The summed E-state index contributed by atoms with van der Waals surface area (Å²) >= 11 is 0. The number of amides is 2. The molecule has 0 unspecified atom stereocenters. The van der Waals surface area contributed by atoms with E-state index in [4.69, 9.17) is 15.9 Å². The maximum Gasteiger partial charge on any atom is 0.330 e. The zero-order valence-corrected chi connectivity index (χ0v) is 9.67. The van der Waals surface area contributed by atoms with Crippen molar-refractivity contribution in [3.05, 3.63) is 0 Å². The Morgan fingerprint density at radius 2 is 1.72 bits per heavy atom. The van der Waals surface area contributed by atoms with Gasteiger partial charge in [-0.2, -0.15) is 0 Å². The van der Waals surface area contributed by atoms with Crippen molar-refractivity contribution in [3.8, 4) is 0 Å². The molecular weight excluding hydrogens is 246 g/mol. The molecule has 0 aromatic rings. The number of rotatable bonds is 7. The summed E-state index contributed by atoms with van der Waals surface area (Å²) in [6, 6.07) is -2.80. The third kappa shape index (κ3) is 5.25. The molecule has 0 aliphatic carbocycles. The summed E-state index contributed by atoms with van der Waals surface area (Å²) in [4.78, 5) is 43.4. The Morgan fingerprint density at radius 1 is 1.17 bits per heavy atom. The molecule has 0 bridgehead atoms. The molecule has 102 valence electrons. The van der Waals surface area contributed by atoms with E-state index < -0.39 is 42.4 Å². The Kier molecular flexibility index (Phi) is 6.35. The van der Waals surface area contributed by atoms with E-state index in [2.05, 4.69) is 10.6 Å². The molecule has 2 amide bonds. The molecule has 0 aromatic heterocycles. The van der Waals surface area contributed by atoms with E-state index >= 15 is 0 Å². The lowest BCUT2D eigenvalue weighted by atomic mass is 10.2. The smallest absolute Gasteiger partial charge is 0.330 e. The molecule has 2 atom stereocenters. The first-order valence-corrected chi connectivity index (χ1v) is 5.07. The lowest BCUT2D eigenvalue weighted by Crippen LogP contribution is -2.54. The minimum absolute atomic E-state index is 0.170. The fourth-order valence-electron chi connectivity index (χ4n) is 1.01. The number of carboxylic acids is 2. The van der Waals surface area contributed by atoms with Gasteiger partial charge in [0, 0.05) is 0 Å². The Hall–Kier alpha value is -2.16. The van der Waals surface area contributed by atoms with E-state index in [1.54, 1.807) is 6.92 Å². The van der Waals surface area contributed by atoms with Gasteiger partial charge in [0.25, 0.3) is 0 Å². The number of nitrogens with two attached hydrogens (primary N) is 1. The van der Waals surface area contributed by atoms with E-state index in [0.717, 1.165) is 0 Å². The van der Waals surface area contributed by atoms with Crippen LogP contribution in [-0.4, -0.2) is 52.6 Å². The zero-order valence-electron chi connectivity index (χ0n) is 9.67. The molecule has 0 heterocycles. The van der Waals surface area contributed by atoms with Crippen molar-refractivity contribution in [3.63, 3.8) is 0 Å². The number of carbonyl (C=O) groups is 4. The van der Waals surface area contributed by atoms with Crippen LogP contribution >= 0.6 is 0 Å². The van der Waals surface area contributed by atoms with Crippen LogP contribution < -0.4 is 16.4 Å². The van der Waals surface area contributed by atoms with Crippen molar-refractivity contribution >= 4 is 23.8 Å². The number of carbonyl (C=O) groups excluding carboxylic acids is 2. The predicted octanol–water partition coefficient (Wildman–Crippen LogP) is -2.51. The van der Waals surface area contributed by atoms with Crippen LogP contribution in [0.25, 0.3) is 0 Å². The minimum atomic E-state index is -1.77. The maximum absolute atomic E-state index is 11.4. The summed E-state index contributed by atoms with van der Waals surface area (Å²) in [6.07, 6.45) is 0.170. The van der Waals surface area contributed by atoms with Crippen molar-refractivity contribution in [1.29, 1.82) is 0 Å². The Labute approximate surface area is 102 Å². The van der Waals surface area contributed by atoms with Crippen molar-refractivity contribution < 1.29 is 29.4 Å². The summed E-state index contributed by atoms with van der Waals surface area (Å²) in [7, 11) is 0. The molecule has 0 radical (unpaired) electrons. The Bertz CT molecular complexity index is 356. The van der Waals surface area contributed by atoms with E-state index in [0.29, 0.717) is 0 Å². The first-order chi connectivity index (χ1) is 8.29. The van der Waals surface area contributed by atoms with Gasteiger partial charge in [-0.3, -0.25) is 14.4 Å². The Balaban J connectivity index is 4.42. The summed E-state index contributed by atoms with van der Waals surface area (Å²) in [5, 5.41) is 21.0. The van der Waals surface area contributed by atoms with E-state index in [1.807, 2.05) is 0 Å². The molecule has 0 spiro atoms. The monoisotopic (exact) mass is 261 g/mol. The summed E-state index contributed by atoms with van der Waals surface area (Å²) in [5.74, 6) is -4.48. The molecule has 6 N–H and O–H groups in total. The molecular formula is C9H15N3O6. The number of carboxylic acid groups (broad SMARTS) is 2. The Morgan fingerprint density at radius 3 is 2.11 bits per heavy atom. The molecule has 0 rings (SSSR count). The van der Waals surface area contributed by atoms with Gasteiger partial charge in [-0.25, -0.2) is 4.79 Å². The highest BCUT2D eigenvalue weighted by Gasteiger charge is 2.26. The highest BCUT2D eigenvalue weighted by Crippen LogP contribution is 1.92. The topological polar surface area (TPSA) is 159 Å². The fourth-order valence-corrected chi connectivity index (χ4v) is 1.01. The van der Waals surface area contributed by atoms with Gasteiger partial charge in [0.05, 0.1) is 0 Å². The first kappa shape index (κ1) is 15.8. The van der Waals surface area contributed by atoms with Gasteiger partial charge in [0.2, 0.25) is 11.8 Å². The highest BCUT2D eigenvalue weighted by atomic mass is 16.4. The average molecular weight is 261 g/mol. The fraction of sp³-hybridized carbons (Fsp3) is 0.556. The van der Waals surface area contributed by atoms with Crippen molar-refractivity contribution in [2.24, 2.45) is 5.73 Å². The zero-order chi connectivity index (χ0) is 14.3. The maximum atomic E-state index is 11.4. The van der Waals surface area contributed by atoms with E-state index in [-0.39, 0.29) is 6.42 Å².